The zero-order chi connectivity index (χ0) is 16.6. The molecule has 1 aliphatic carbocycles. The molecule has 0 spiro atoms. The van der Waals surface area contributed by atoms with E-state index >= 15 is 0 Å². The fourth-order valence-electron chi connectivity index (χ4n) is 2.52. The summed E-state index contributed by atoms with van der Waals surface area (Å²) in [6.07, 6.45) is 0.335. The third-order valence-electron chi connectivity index (χ3n) is 3.94. The molecule has 6 heteroatoms. The number of hydrogen-bond acceptors (Lipinski definition) is 3. The fourth-order valence-corrected chi connectivity index (χ4v) is 3.83. The highest BCUT2D eigenvalue weighted by Crippen LogP contribution is 2.47. The number of para-hydroxylation sites is 1. The number of nitrogens with one attached hydrogen (secondary N) is 1. The average Bonchev–Trinajstić information content (AvgIpc) is 2.56. The van der Waals surface area contributed by atoms with Crippen molar-refractivity contribution < 1.29 is 9.09 Å². The van der Waals surface area contributed by atoms with E-state index in [4.69, 9.17) is 4.52 Å². The molecule has 1 unspecified atom stereocenters. The van der Waals surface area contributed by atoms with Gasteiger partial charge in [-0.05, 0) is 43.7 Å². The van der Waals surface area contributed by atoms with Gasteiger partial charge in [0.1, 0.15) is 0 Å². The van der Waals surface area contributed by atoms with Gasteiger partial charge in [-0.3, -0.25) is 9.36 Å². The lowest BCUT2D eigenvalue weighted by Crippen LogP contribution is -2.18. The number of aromatic amines is 1. The van der Waals surface area contributed by atoms with Gasteiger partial charge in [0.05, 0.1) is 5.69 Å². The van der Waals surface area contributed by atoms with Crippen molar-refractivity contribution in [2.24, 2.45) is 0 Å². The Hall–Kier alpha value is -2.10. The van der Waals surface area contributed by atoms with Crippen molar-refractivity contribution in [3.63, 3.8) is 0 Å². The molecule has 2 aliphatic rings. The lowest BCUT2D eigenvalue weighted by Gasteiger charge is -2.24. The molecule has 3 rings (SSSR count). The molecule has 120 valence electrons. The van der Waals surface area contributed by atoms with E-state index in [2.05, 4.69) is 4.98 Å². The largest absolute Gasteiger partial charge is 0.428 e. The van der Waals surface area contributed by atoms with Crippen LogP contribution >= 0.6 is 7.52 Å². The average molecular weight is 330 g/mol. The Bertz CT molecular complexity index is 933. The maximum Gasteiger partial charge on any atom is 0.318 e. The Morgan fingerprint density at radius 2 is 1.91 bits per heavy atom. The van der Waals surface area contributed by atoms with Crippen LogP contribution in [0.2, 0.25) is 0 Å². The van der Waals surface area contributed by atoms with Crippen LogP contribution in [0.1, 0.15) is 6.92 Å². The first kappa shape index (κ1) is 15.8. The highest BCUT2D eigenvalue weighted by atomic mass is 31.2. The number of pyridine rings is 1. The van der Waals surface area contributed by atoms with Crippen molar-refractivity contribution in [3.05, 3.63) is 52.7 Å². The molecule has 1 aromatic carbocycles. The van der Waals surface area contributed by atoms with E-state index < -0.39 is 7.52 Å². The van der Waals surface area contributed by atoms with Crippen molar-refractivity contribution in [2.45, 2.75) is 6.92 Å². The minimum absolute atomic E-state index is 0.125. The van der Waals surface area contributed by atoms with Crippen molar-refractivity contribution in [1.29, 1.82) is 0 Å². The Kier molecular flexibility index (Phi) is 4.00. The summed E-state index contributed by atoms with van der Waals surface area (Å²) in [6, 6.07) is 13.0. The molecule has 0 amide bonds. The van der Waals surface area contributed by atoms with Gasteiger partial charge in [0.15, 0.2) is 5.75 Å². The zero-order valence-corrected chi connectivity index (χ0v) is 14.3. The molecule has 0 bridgehead atoms. The van der Waals surface area contributed by atoms with Crippen LogP contribution in [0.3, 0.4) is 0 Å². The normalized spacial score (nSPS) is 14.3. The lowest BCUT2D eigenvalue weighted by atomic mass is 10.1. The Morgan fingerprint density at radius 3 is 2.61 bits per heavy atom. The molecule has 1 atom stereocenters. The molecule has 1 heterocycles. The smallest absolute Gasteiger partial charge is 0.318 e. The number of hydrogen-bond donors (Lipinski definition) is 1. The number of aromatic nitrogens is 1. The molecule has 0 fully saturated rings. The standard InChI is InChI=1S/C17H19N2O3P/c1-4-23(21,19(2)3)22-16-10-9-15-13(17(16)20)11-12-7-5-6-8-14(12)18-15/h5-11,18H,4H2,1-3H3. The summed E-state index contributed by atoms with van der Waals surface area (Å²) in [4.78, 5) is 15.9. The van der Waals surface area contributed by atoms with Gasteiger partial charge in [0.25, 0.3) is 0 Å². The quantitative estimate of drug-likeness (QED) is 0.584. The van der Waals surface area contributed by atoms with Gasteiger partial charge >= 0.3 is 7.52 Å². The van der Waals surface area contributed by atoms with Crippen molar-refractivity contribution >= 4 is 18.4 Å². The van der Waals surface area contributed by atoms with E-state index in [1.807, 2.05) is 30.3 Å². The van der Waals surface area contributed by atoms with Crippen molar-refractivity contribution in [3.8, 4) is 17.0 Å². The zero-order valence-electron chi connectivity index (χ0n) is 13.4. The first-order valence-corrected chi connectivity index (χ1v) is 9.22. The number of benzene rings is 2. The van der Waals surface area contributed by atoms with Gasteiger partial charge in [-0.15, -0.1) is 0 Å². The van der Waals surface area contributed by atoms with Crippen molar-refractivity contribution in [1.82, 2.24) is 9.65 Å². The van der Waals surface area contributed by atoms with E-state index in [-0.39, 0.29) is 11.2 Å². The summed E-state index contributed by atoms with van der Waals surface area (Å²) in [6.45, 7) is 1.79. The predicted molar refractivity (Wildman–Crippen MR) is 93.7 cm³/mol. The maximum atomic E-state index is 12.7. The van der Waals surface area contributed by atoms with Crippen LogP contribution in [0.25, 0.3) is 22.2 Å². The SMILES string of the molecule is CCP(=O)(Oc1ccc2[nH]c3ccccc3cc-2c1=O)N(C)C. The minimum Gasteiger partial charge on any atom is -0.428 e. The number of fused-ring (bicyclic) bond motifs is 2. The highest BCUT2D eigenvalue weighted by Gasteiger charge is 2.27. The third-order valence-corrected chi connectivity index (χ3v) is 6.44. The van der Waals surface area contributed by atoms with Gasteiger partial charge in [-0.2, -0.15) is 0 Å². The van der Waals surface area contributed by atoms with Crippen molar-refractivity contribution in [2.75, 3.05) is 20.3 Å². The van der Waals surface area contributed by atoms with Crippen LogP contribution in [0, 0.1) is 0 Å². The molecular formula is C17H19N2O3P. The summed E-state index contributed by atoms with van der Waals surface area (Å²) < 4.78 is 19.9. The molecule has 1 aliphatic heterocycles. The Labute approximate surface area is 134 Å². The topological polar surface area (TPSA) is 62.4 Å². The Balaban J connectivity index is 2.16. The number of H-pyrrole nitrogens is 1. The third kappa shape index (κ3) is 2.78. The highest BCUT2D eigenvalue weighted by molar-refractivity contribution is 7.56. The molecule has 5 nitrogen and oxygen atoms in total. The summed E-state index contributed by atoms with van der Waals surface area (Å²) in [5, 5.41) is 0.945. The van der Waals surface area contributed by atoms with Crippen LogP contribution in [0.5, 0.6) is 5.75 Å². The van der Waals surface area contributed by atoms with Crippen LogP contribution in [0.4, 0.5) is 0 Å². The molecule has 23 heavy (non-hydrogen) atoms. The van der Waals surface area contributed by atoms with E-state index in [9.17, 15) is 9.36 Å². The first-order chi connectivity index (χ1) is 10.9. The lowest BCUT2D eigenvalue weighted by molar-refractivity contribution is 0.416. The van der Waals surface area contributed by atoms with Crippen LogP contribution in [-0.4, -0.2) is 29.9 Å². The van der Waals surface area contributed by atoms with Crippen LogP contribution < -0.4 is 9.95 Å². The van der Waals surface area contributed by atoms with Gasteiger partial charge in [0.2, 0.25) is 5.43 Å². The van der Waals surface area contributed by atoms with E-state index in [0.29, 0.717) is 11.7 Å². The Morgan fingerprint density at radius 1 is 1.17 bits per heavy atom. The predicted octanol–water partition coefficient (Wildman–Crippen LogP) is 3.79. The minimum atomic E-state index is -3.02. The maximum absolute atomic E-state index is 12.7. The second-order valence-electron chi connectivity index (χ2n) is 5.60. The van der Waals surface area contributed by atoms with Crippen LogP contribution in [0.15, 0.2) is 47.3 Å². The molecule has 0 radical (unpaired) electrons. The fraction of sp³-hybridized carbons (Fsp3) is 0.235. The van der Waals surface area contributed by atoms with Crippen LogP contribution in [-0.2, 0) is 4.57 Å². The molecule has 1 aromatic rings. The number of rotatable bonds is 4. The monoisotopic (exact) mass is 330 g/mol. The van der Waals surface area contributed by atoms with Gasteiger partial charge in [0, 0.05) is 17.2 Å². The number of nitrogens with zero attached hydrogens (tertiary/aromatic N) is 1. The molecule has 0 saturated carbocycles. The second kappa shape index (κ2) is 5.84. The molecule has 1 N–H and O–H groups in total. The molecular weight excluding hydrogens is 311 g/mol. The van der Waals surface area contributed by atoms with E-state index in [0.717, 1.165) is 16.6 Å². The summed E-state index contributed by atoms with van der Waals surface area (Å²) in [5.41, 5.74) is 1.97. The van der Waals surface area contributed by atoms with E-state index in [1.165, 1.54) is 0 Å². The van der Waals surface area contributed by atoms with Gasteiger partial charge in [-0.1, -0.05) is 25.1 Å². The summed E-state index contributed by atoms with van der Waals surface area (Å²) in [5.74, 6) is 0.125. The molecule has 0 aromatic heterocycles. The van der Waals surface area contributed by atoms with Gasteiger partial charge in [-0.25, -0.2) is 4.67 Å². The summed E-state index contributed by atoms with van der Waals surface area (Å²) in [7, 11) is 0.359. The first-order valence-electron chi connectivity index (χ1n) is 7.46. The summed E-state index contributed by atoms with van der Waals surface area (Å²) >= 11 is 0. The van der Waals surface area contributed by atoms with E-state index in [1.54, 1.807) is 37.8 Å². The van der Waals surface area contributed by atoms with Gasteiger partial charge < -0.3 is 9.51 Å². The molecule has 0 saturated heterocycles. The second-order valence-corrected chi connectivity index (χ2v) is 8.49.